The Labute approximate surface area is 241 Å². The van der Waals surface area contributed by atoms with Gasteiger partial charge in [-0.3, -0.25) is 13.9 Å². The zero-order valence-corrected chi connectivity index (χ0v) is 25.0. The molecule has 0 heterocycles. The van der Waals surface area contributed by atoms with Crippen LogP contribution in [-0.4, -0.2) is 50.9 Å². The fourth-order valence-electron chi connectivity index (χ4n) is 4.31. The molecule has 0 aromatic heterocycles. The van der Waals surface area contributed by atoms with Crippen LogP contribution in [0, 0.1) is 6.92 Å². The number of sulfonamides is 1. The molecule has 0 bridgehead atoms. The Bertz CT molecular complexity index is 1430. The summed E-state index contributed by atoms with van der Waals surface area (Å²) in [7, 11) is -2.72. The van der Waals surface area contributed by atoms with Gasteiger partial charge in [-0.25, -0.2) is 8.42 Å². The normalized spacial score (nSPS) is 12.1. The summed E-state index contributed by atoms with van der Waals surface area (Å²) in [5.74, 6) is -0.325. The molecule has 0 aliphatic carbocycles. The van der Waals surface area contributed by atoms with Crippen LogP contribution in [-0.2, 0) is 26.2 Å². The van der Waals surface area contributed by atoms with Crippen molar-refractivity contribution >= 4 is 39.1 Å². The number of hydrogen-bond donors (Lipinski definition) is 1. The third-order valence-electron chi connectivity index (χ3n) is 6.44. The Morgan fingerprint density at radius 3 is 2.25 bits per heavy atom. The maximum Gasteiger partial charge on any atom is 0.264 e. The number of halogens is 1. The second-order valence-corrected chi connectivity index (χ2v) is 12.0. The molecule has 0 aliphatic heterocycles. The van der Waals surface area contributed by atoms with Crippen LogP contribution in [0.15, 0.2) is 77.7 Å². The van der Waals surface area contributed by atoms with Crippen LogP contribution in [0.3, 0.4) is 0 Å². The fraction of sp³-hybridized carbons (Fsp3) is 0.333. The van der Waals surface area contributed by atoms with Crippen LogP contribution in [0.5, 0.6) is 5.75 Å². The van der Waals surface area contributed by atoms with E-state index >= 15 is 0 Å². The summed E-state index contributed by atoms with van der Waals surface area (Å²) in [5.41, 5.74) is 2.04. The lowest BCUT2D eigenvalue weighted by atomic mass is 10.1. The van der Waals surface area contributed by atoms with Crippen LogP contribution >= 0.6 is 11.6 Å². The first kappa shape index (κ1) is 31.0. The Morgan fingerprint density at radius 2 is 1.68 bits per heavy atom. The van der Waals surface area contributed by atoms with E-state index in [1.54, 1.807) is 30.3 Å². The molecule has 3 aromatic rings. The van der Waals surface area contributed by atoms with E-state index in [2.05, 4.69) is 5.32 Å². The Kier molecular flexibility index (Phi) is 10.6. The lowest BCUT2D eigenvalue weighted by molar-refractivity contribution is -0.140. The average Bonchev–Trinajstić information content (AvgIpc) is 2.92. The number of nitrogens with one attached hydrogen (secondary N) is 1. The maximum atomic E-state index is 14.1. The van der Waals surface area contributed by atoms with Gasteiger partial charge in [-0.15, -0.1) is 0 Å². The molecule has 8 nitrogen and oxygen atoms in total. The number of nitrogens with zero attached hydrogens (tertiary/aromatic N) is 2. The first-order valence-corrected chi connectivity index (χ1v) is 14.9. The van der Waals surface area contributed by atoms with Crippen molar-refractivity contribution in [3.63, 3.8) is 0 Å². The number of carbonyl (C=O) groups excluding carboxylic acids is 2. The summed E-state index contributed by atoms with van der Waals surface area (Å²) in [6, 6.07) is 18.9. The summed E-state index contributed by atoms with van der Waals surface area (Å²) < 4.78 is 34.0. The summed E-state index contributed by atoms with van der Waals surface area (Å²) in [5, 5.41) is 3.21. The molecule has 40 heavy (non-hydrogen) atoms. The molecule has 3 rings (SSSR count). The molecule has 0 spiro atoms. The minimum atomic E-state index is -4.21. The molecule has 0 radical (unpaired) electrons. The van der Waals surface area contributed by atoms with Crippen molar-refractivity contribution in [1.29, 1.82) is 0 Å². The minimum Gasteiger partial charge on any atom is -0.497 e. The summed E-state index contributed by atoms with van der Waals surface area (Å²) in [6.45, 7) is 7.06. The van der Waals surface area contributed by atoms with Gasteiger partial charge in [-0.2, -0.15) is 0 Å². The Hall–Kier alpha value is -3.56. The largest absolute Gasteiger partial charge is 0.497 e. The lowest BCUT2D eigenvalue weighted by Crippen LogP contribution is -2.53. The Morgan fingerprint density at radius 1 is 1.00 bits per heavy atom. The van der Waals surface area contributed by atoms with Crippen molar-refractivity contribution in [3.8, 4) is 5.75 Å². The van der Waals surface area contributed by atoms with Crippen LogP contribution in [0.2, 0.25) is 5.02 Å². The van der Waals surface area contributed by atoms with Gasteiger partial charge in [-0.05, 0) is 80.8 Å². The van der Waals surface area contributed by atoms with Gasteiger partial charge in [0.1, 0.15) is 18.3 Å². The maximum absolute atomic E-state index is 14.1. The topological polar surface area (TPSA) is 96.0 Å². The van der Waals surface area contributed by atoms with Gasteiger partial charge >= 0.3 is 0 Å². The lowest BCUT2D eigenvalue weighted by Gasteiger charge is -2.34. The first-order chi connectivity index (χ1) is 19.0. The molecule has 10 heteroatoms. The Balaban J connectivity index is 2.08. The molecule has 2 amide bonds. The molecule has 0 saturated heterocycles. The average molecular weight is 586 g/mol. The monoisotopic (exact) mass is 585 g/mol. The fourth-order valence-corrected chi connectivity index (χ4v) is 5.90. The molecule has 1 N–H and O–H groups in total. The second kappa shape index (κ2) is 13.7. The van der Waals surface area contributed by atoms with Crippen molar-refractivity contribution in [3.05, 3.63) is 88.9 Å². The van der Waals surface area contributed by atoms with E-state index in [9.17, 15) is 18.0 Å². The highest BCUT2D eigenvalue weighted by Crippen LogP contribution is 2.28. The standard InChI is InChI=1S/C30H36ClN3O5S/c1-6-28(30(36)32-21(2)3)33(19-23-11-8-7-10-22(23)4)29(35)20-34(25-13-9-12-24(31)18-25)40(37,38)27-16-14-26(39-5)15-17-27/h7-18,21,28H,6,19-20H2,1-5H3,(H,32,36)/t28-/m0/s1. The SMILES string of the molecule is CC[C@@H](C(=O)NC(C)C)N(Cc1ccccc1C)C(=O)CN(c1cccc(Cl)c1)S(=O)(=O)c1ccc(OC)cc1. The van der Waals surface area contributed by atoms with Crippen molar-refractivity contribution in [2.45, 2.75) is 57.6 Å². The molecular weight excluding hydrogens is 550 g/mol. The smallest absolute Gasteiger partial charge is 0.264 e. The van der Waals surface area contributed by atoms with Crippen molar-refractivity contribution in [2.24, 2.45) is 0 Å². The molecule has 214 valence electrons. The number of aryl methyl sites for hydroxylation is 1. The van der Waals surface area contributed by atoms with Gasteiger partial charge in [0, 0.05) is 17.6 Å². The number of methoxy groups -OCH3 is 1. The van der Waals surface area contributed by atoms with Crippen LogP contribution in [0.1, 0.15) is 38.3 Å². The van der Waals surface area contributed by atoms with Gasteiger partial charge in [0.15, 0.2) is 0 Å². The summed E-state index contributed by atoms with van der Waals surface area (Å²) >= 11 is 6.23. The molecular formula is C30H36ClN3O5S. The quantitative estimate of drug-likeness (QED) is 0.316. The van der Waals surface area contributed by atoms with E-state index < -0.39 is 28.5 Å². The zero-order chi connectivity index (χ0) is 29.4. The van der Waals surface area contributed by atoms with Crippen molar-refractivity contribution in [1.82, 2.24) is 10.2 Å². The molecule has 3 aromatic carbocycles. The van der Waals surface area contributed by atoms with Crippen molar-refractivity contribution in [2.75, 3.05) is 18.0 Å². The number of benzene rings is 3. The summed E-state index contributed by atoms with van der Waals surface area (Å²) in [4.78, 5) is 28.7. The van der Waals surface area contributed by atoms with E-state index in [1.807, 2.05) is 52.0 Å². The van der Waals surface area contributed by atoms with E-state index in [0.717, 1.165) is 15.4 Å². The van der Waals surface area contributed by atoms with Crippen molar-refractivity contribution < 1.29 is 22.7 Å². The van der Waals surface area contributed by atoms with Gasteiger partial charge in [0.05, 0.1) is 17.7 Å². The van der Waals surface area contributed by atoms with Gasteiger partial charge in [-0.1, -0.05) is 48.9 Å². The first-order valence-electron chi connectivity index (χ1n) is 13.0. The van der Waals surface area contributed by atoms with Crippen LogP contribution < -0.4 is 14.4 Å². The third-order valence-corrected chi connectivity index (χ3v) is 8.46. The molecule has 0 saturated carbocycles. The highest BCUT2D eigenvalue weighted by Gasteiger charge is 2.34. The molecule has 1 atom stereocenters. The highest BCUT2D eigenvalue weighted by atomic mass is 35.5. The number of carbonyl (C=O) groups is 2. The molecule has 0 fully saturated rings. The van der Waals surface area contributed by atoms with E-state index in [0.29, 0.717) is 17.2 Å². The van der Waals surface area contributed by atoms with E-state index in [4.69, 9.17) is 16.3 Å². The second-order valence-electron chi connectivity index (χ2n) is 9.70. The number of rotatable bonds is 12. The predicted molar refractivity (Wildman–Crippen MR) is 158 cm³/mol. The van der Waals surface area contributed by atoms with E-state index in [-0.39, 0.29) is 29.1 Å². The van der Waals surface area contributed by atoms with Crippen LogP contribution in [0.4, 0.5) is 5.69 Å². The van der Waals surface area contributed by atoms with Gasteiger partial charge in [0.25, 0.3) is 10.0 Å². The summed E-state index contributed by atoms with van der Waals surface area (Å²) in [6.07, 6.45) is 0.346. The predicted octanol–water partition coefficient (Wildman–Crippen LogP) is 5.18. The molecule has 0 aliphatic rings. The number of hydrogen-bond acceptors (Lipinski definition) is 5. The number of amides is 2. The van der Waals surface area contributed by atoms with Gasteiger partial charge < -0.3 is 15.0 Å². The number of ether oxygens (including phenoxy) is 1. The third kappa shape index (κ3) is 7.55. The van der Waals surface area contributed by atoms with Gasteiger partial charge in [0.2, 0.25) is 11.8 Å². The number of anilines is 1. The highest BCUT2D eigenvalue weighted by molar-refractivity contribution is 7.92. The van der Waals surface area contributed by atoms with Crippen LogP contribution in [0.25, 0.3) is 0 Å². The molecule has 0 unspecified atom stereocenters. The van der Waals surface area contributed by atoms with E-state index in [1.165, 1.54) is 30.2 Å². The minimum absolute atomic E-state index is 0.0175. The zero-order valence-electron chi connectivity index (χ0n) is 23.4.